The number of aryl methyl sites for hydroxylation is 1. The van der Waals surface area contributed by atoms with E-state index in [1.807, 2.05) is 6.20 Å². The van der Waals surface area contributed by atoms with Gasteiger partial charge in [0.1, 0.15) is 6.10 Å². The van der Waals surface area contributed by atoms with Crippen molar-refractivity contribution in [1.82, 2.24) is 4.98 Å². The van der Waals surface area contributed by atoms with Crippen LogP contribution in [0.3, 0.4) is 0 Å². The lowest BCUT2D eigenvalue weighted by Crippen LogP contribution is -2.36. The molecule has 1 saturated heterocycles. The van der Waals surface area contributed by atoms with E-state index in [1.165, 1.54) is 5.56 Å². The average Bonchev–Trinajstić information content (AvgIpc) is 2.30. The van der Waals surface area contributed by atoms with Gasteiger partial charge in [-0.25, -0.2) is 4.98 Å². The van der Waals surface area contributed by atoms with E-state index < -0.39 is 0 Å². The molecule has 0 N–H and O–H groups in total. The monoisotopic (exact) mass is 263 g/mol. The lowest BCUT2D eigenvalue weighted by Gasteiger charge is -2.32. The molecule has 1 aliphatic heterocycles. The Balaban J connectivity index is 2.06. The van der Waals surface area contributed by atoms with Crippen LogP contribution in [0.1, 0.15) is 57.6 Å². The Morgan fingerprint density at radius 2 is 1.89 bits per heavy atom. The Morgan fingerprint density at radius 1 is 1.26 bits per heavy atom. The topological polar surface area (TPSA) is 31.4 Å². The second-order valence-electron chi connectivity index (χ2n) is 6.01. The number of hydrogen-bond donors (Lipinski definition) is 0. The minimum atomic E-state index is 0.217. The summed E-state index contributed by atoms with van der Waals surface area (Å²) in [5.41, 5.74) is 2.39. The van der Waals surface area contributed by atoms with Gasteiger partial charge >= 0.3 is 0 Å². The van der Waals surface area contributed by atoms with Crippen LogP contribution in [-0.2, 0) is 4.74 Å². The number of aromatic nitrogens is 1. The van der Waals surface area contributed by atoms with Gasteiger partial charge in [-0.2, -0.15) is 0 Å². The molecule has 19 heavy (non-hydrogen) atoms. The van der Waals surface area contributed by atoms with Gasteiger partial charge in [0.15, 0.2) is 0 Å². The molecule has 0 saturated carbocycles. The highest BCUT2D eigenvalue weighted by Gasteiger charge is 2.26. The Hall–Kier alpha value is -1.09. The zero-order valence-electron chi connectivity index (χ0n) is 12.6. The van der Waals surface area contributed by atoms with E-state index in [9.17, 15) is 0 Å². The minimum absolute atomic E-state index is 0.217. The van der Waals surface area contributed by atoms with E-state index in [2.05, 4.69) is 45.7 Å². The lowest BCUT2D eigenvalue weighted by atomic mass is 10.0. The molecule has 3 atom stereocenters. The van der Waals surface area contributed by atoms with Crippen molar-refractivity contribution in [3.63, 3.8) is 0 Å². The Morgan fingerprint density at radius 3 is 2.42 bits per heavy atom. The number of nitrogens with zero attached hydrogens (tertiary/aromatic N) is 1. The highest BCUT2D eigenvalue weighted by Crippen LogP contribution is 2.26. The van der Waals surface area contributed by atoms with Gasteiger partial charge < -0.3 is 9.47 Å². The summed E-state index contributed by atoms with van der Waals surface area (Å²) in [6.07, 6.45) is 4.57. The molecule has 1 aliphatic rings. The Kier molecular flexibility index (Phi) is 4.46. The smallest absolute Gasteiger partial charge is 0.216 e. The van der Waals surface area contributed by atoms with Crippen molar-refractivity contribution < 1.29 is 9.47 Å². The highest BCUT2D eigenvalue weighted by atomic mass is 16.5. The molecule has 0 radical (unpaired) electrons. The van der Waals surface area contributed by atoms with Crippen molar-refractivity contribution >= 4 is 0 Å². The quantitative estimate of drug-likeness (QED) is 0.830. The molecule has 3 heteroatoms. The lowest BCUT2D eigenvalue weighted by molar-refractivity contribution is -0.0731. The molecule has 0 aliphatic carbocycles. The standard InChI is InChI=1S/C16H25NO2/c1-10(2)14-6-11(3)16(17-9-14)19-15-7-12(4)18-13(5)8-15/h6,9-10,12-13,15H,7-8H2,1-5H3/t12-,13+,15?. The Labute approximate surface area is 116 Å². The second kappa shape index (κ2) is 5.91. The number of pyridine rings is 1. The Bertz CT molecular complexity index is 421. The van der Waals surface area contributed by atoms with Gasteiger partial charge in [0.05, 0.1) is 12.2 Å². The summed E-state index contributed by atoms with van der Waals surface area (Å²) in [5.74, 6) is 1.28. The zero-order valence-corrected chi connectivity index (χ0v) is 12.6. The second-order valence-corrected chi connectivity index (χ2v) is 6.01. The van der Waals surface area contributed by atoms with Gasteiger partial charge in [-0.15, -0.1) is 0 Å². The third-order valence-electron chi connectivity index (χ3n) is 3.65. The van der Waals surface area contributed by atoms with Gasteiger partial charge in [0.25, 0.3) is 0 Å². The molecular formula is C16H25NO2. The van der Waals surface area contributed by atoms with Crippen LogP contribution in [0.25, 0.3) is 0 Å². The van der Waals surface area contributed by atoms with Gasteiger partial charge in [-0.05, 0) is 38.3 Å². The summed E-state index contributed by atoms with van der Waals surface area (Å²) in [4.78, 5) is 4.48. The summed E-state index contributed by atoms with van der Waals surface area (Å²) in [6.45, 7) is 10.6. The summed E-state index contributed by atoms with van der Waals surface area (Å²) >= 11 is 0. The van der Waals surface area contributed by atoms with Crippen molar-refractivity contribution in [2.75, 3.05) is 0 Å². The van der Waals surface area contributed by atoms with Crippen LogP contribution in [0.4, 0.5) is 0 Å². The number of ether oxygens (including phenoxy) is 2. The summed E-state index contributed by atoms with van der Waals surface area (Å²) in [5, 5.41) is 0. The van der Waals surface area contributed by atoms with Gasteiger partial charge in [-0.3, -0.25) is 0 Å². The van der Waals surface area contributed by atoms with Gasteiger partial charge in [0.2, 0.25) is 5.88 Å². The van der Waals surface area contributed by atoms with E-state index in [-0.39, 0.29) is 18.3 Å². The zero-order chi connectivity index (χ0) is 14.0. The van der Waals surface area contributed by atoms with Crippen LogP contribution in [0, 0.1) is 6.92 Å². The molecule has 1 unspecified atom stereocenters. The molecule has 2 rings (SSSR count). The first-order valence-corrected chi connectivity index (χ1v) is 7.24. The summed E-state index contributed by atoms with van der Waals surface area (Å²) < 4.78 is 11.8. The first-order valence-electron chi connectivity index (χ1n) is 7.24. The predicted octanol–water partition coefficient (Wildman–Crippen LogP) is 3.85. The fraction of sp³-hybridized carbons (Fsp3) is 0.688. The molecule has 2 heterocycles. The molecule has 1 aromatic heterocycles. The maximum absolute atomic E-state index is 6.07. The first-order chi connectivity index (χ1) is 8.95. The van der Waals surface area contributed by atoms with Crippen molar-refractivity contribution in [1.29, 1.82) is 0 Å². The predicted molar refractivity (Wildman–Crippen MR) is 76.7 cm³/mol. The normalized spacial score (nSPS) is 27.6. The van der Waals surface area contributed by atoms with Crippen molar-refractivity contribution in [3.05, 3.63) is 23.4 Å². The molecule has 3 nitrogen and oxygen atoms in total. The molecule has 0 spiro atoms. The SMILES string of the molecule is Cc1cc(C(C)C)cnc1OC1C[C@@H](C)O[C@@H](C)C1. The molecule has 0 aromatic carbocycles. The van der Waals surface area contributed by atoms with Gasteiger partial charge in [-0.1, -0.05) is 13.8 Å². The third-order valence-corrected chi connectivity index (χ3v) is 3.65. The van der Waals surface area contributed by atoms with Crippen LogP contribution < -0.4 is 4.74 Å². The van der Waals surface area contributed by atoms with Crippen LogP contribution in [0.2, 0.25) is 0 Å². The van der Waals surface area contributed by atoms with Gasteiger partial charge in [0, 0.05) is 24.6 Å². The van der Waals surface area contributed by atoms with Crippen LogP contribution in [-0.4, -0.2) is 23.3 Å². The third kappa shape index (κ3) is 3.69. The largest absolute Gasteiger partial charge is 0.474 e. The molecular weight excluding hydrogens is 238 g/mol. The van der Waals surface area contributed by atoms with E-state index in [0.717, 1.165) is 24.3 Å². The van der Waals surface area contributed by atoms with Crippen molar-refractivity contribution in [3.8, 4) is 5.88 Å². The average molecular weight is 263 g/mol. The van der Waals surface area contributed by atoms with Crippen LogP contribution in [0.15, 0.2) is 12.3 Å². The van der Waals surface area contributed by atoms with E-state index >= 15 is 0 Å². The summed E-state index contributed by atoms with van der Waals surface area (Å²) in [6, 6.07) is 2.18. The molecule has 106 valence electrons. The summed E-state index contributed by atoms with van der Waals surface area (Å²) in [7, 11) is 0. The van der Waals surface area contributed by atoms with E-state index in [0.29, 0.717) is 5.92 Å². The molecule has 0 bridgehead atoms. The first kappa shape index (κ1) is 14.3. The van der Waals surface area contributed by atoms with Crippen molar-refractivity contribution in [2.45, 2.75) is 71.7 Å². The number of rotatable bonds is 3. The fourth-order valence-electron chi connectivity index (χ4n) is 2.62. The molecule has 0 amide bonds. The molecule has 1 aromatic rings. The van der Waals surface area contributed by atoms with E-state index in [1.54, 1.807) is 0 Å². The molecule has 1 fully saturated rings. The van der Waals surface area contributed by atoms with Crippen molar-refractivity contribution in [2.24, 2.45) is 0 Å². The minimum Gasteiger partial charge on any atom is -0.474 e. The highest BCUT2D eigenvalue weighted by molar-refractivity contribution is 5.30. The number of hydrogen-bond acceptors (Lipinski definition) is 3. The maximum Gasteiger partial charge on any atom is 0.216 e. The van der Waals surface area contributed by atoms with Crippen LogP contribution >= 0.6 is 0 Å². The fourth-order valence-corrected chi connectivity index (χ4v) is 2.62. The van der Waals surface area contributed by atoms with Crippen LogP contribution in [0.5, 0.6) is 5.88 Å². The van der Waals surface area contributed by atoms with E-state index in [4.69, 9.17) is 9.47 Å². The maximum atomic E-state index is 6.07.